The van der Waals surface area contributed by atoms with Crippen molar-refractivity contribution in [2.75, 3.05) is 52.4 Å². The largest absolute Gasteiger partial charge is 0.444 e. The summed E-state index contributed by atoms with van der Waals surface area (Å²) in [5, 5.41) is 31.8. The number of carbonyl (C=O) groups excluding carboxylic acids is 9. The second-order valence-electron chi connectivity index (χ2n) is 19.9. The van der Waals surface area contributed by atoms with E-state index >= 15 is 0 Å². The number of unbranched alkanes of at least 4 members (excludes halogenated alkanes) is 1. The van der Waals surface area contributed by atoms with Crippen molar-refractivity contribution in [2.24, 2.45) is 0 Å². The van der Waals surface area contributed by atoms with Crippen LogP contribution in [0.2, 0.25) is 0 Å². The van der Waals surface area contributed by atoms with Gasteiger partial charge >= 0.3 is 6.09 Å². The Balaban J connectivity index is 1.51. The molecular formula is C55H71N11O16. The zero-order chi connectivity index (χ0) is 59.6. The predicted molar refractivity (Wildman–Crippen MR) is 292 cm³/mol. The molecule has 0 fully saturated rings. The minimum absolute atomic E-state index is 0.0161. The van der Waals surface area contributed by atoms with Crippen LogP contribution in [0.5, 0.6) is 0 Å². The number of ether oxygens (including phenoxy) is 1. The Hall–Kier alpha value is -9.11. The number of nitrogens with zero attached hydrogens (tertiary/aromatic N) is 4. The number of nitrogens with one attached hydrogen (secondary N) is 7. The van der Waals surface area contributed by atoms with Crippen LogP contribution in [0.4, 0.5) is 4.79 Å². The van der Waals surface area contributed by atoms with Crippen LogP contribution < -0.4 is 58.3 Å². The summed E-state index contributed by atoms with van der Waals surface area (Å²) in [7, 11) is 0. The topological polar surface area (TPSA) is 356 Å². The lowest BCUT2D eigenvalue weighted by Gasteiger charge is -2.25. The van der Waals surface area contributed by atoms with Gasteiger partial charge in [-0.1, -0.05) is 60.7 Å². The maximum absolute atomic E-state index is 14.4. The van der Waals surface area contributed by atoms with Gasteiger partial charge in [0.05, 0.1) is 0 Å². The minimum Gasteiger partial charge on any atom is -0.444 e. The summed E-state index contributed by atoms with van der Waals surface area (Å²) in [6.45, 7) is 4.48. The smallest absolute Gasteiger partial charge is 0.407 e. The maximum Gasteiger partial charge on any atom is 0.407 e. The molecule has 0 saturated heterocycles. The third-order valence-electron chi connectivity index (χ3n) is 12.4. The summed E-state index contributed by atoms with van der Waals surface area (Å²) in [5.41, 5.74) is -0.215. The van der Waals surface area contributed by atoms with E-state index in [1.807, 2.05) is 0 Å². The first-order chi connectivity index (χ1) is 39.3. The van der Waals surface area contributed by atoms with Crippen LogP contribution in [0.25, 0.3) is 0 Å². The molecule has 4 bridgehead atoms. The fraction of sp³-hybridized carbons (Fsp3) is 0.436. The Morgan fingerprint density at radius 1 is 0.573 bits per heavy atom. The van der Waals surface area contributed by atoms with Gasteiger partial charge in [-0.15, -0.1) is 9.46 Å². The van der Waals surface area contributed by atoms with Crippen molar-refractivity contribution in [1.82, 2.24) is 56.8 Å². The molecular weight excluding hydrogens is 1070 g/mol. The van der Waals surface area contributed by atoms with Crippen LogP contribution >= 0.6 is 0 Å². The first-order valence-electron chi connectivity index (χ1n) is 26.7. The monoisotopic (exact) mass is 1140 g/mol. The molecule has 27 heteroatoms. The molecule has 27 nitrogen and oxygen atoms in total. The molecule has 5 heterocycles. The van der Waals surface area contributed by atoms with Gasteiger partial charge in [0.15, 0.2) is 0 Å². The summed E-state index contributed by atoms with van der Waals surface area (Å²) in [4.78, 5) is 162. The van der Waals surface area contributed by atoms with Crippen LogP contribution in [-0.2, 0) is 37.1 Å². The SMILES string of the molecule is CC(C)(C)OC(=O)NCCCC[C@H]1CNC(=O)c2ccc(c(=O)n2OCc2ccccc2)C(=O)NCCCN(C(=O)CC(=O)NO)CCCCN(C(=O)CC(=O)NO)CCCNC(=O)c2ccc(n(OCc3ccccc3)c2=O)C(=O)N1. The number of hydrogen-bond acceptors (Lipinski definition) is 16. The molecule has 3 aliphatic rings. The van der Waals surface area contributed by atoms with E-state index in [1.165, 1.54) is 32.9 Å². The molecule has 82 heavy (non-hydrogen) atoms. The maximum atomic E-state index is 14.4. The van der Waals surface area contributed by atoms with Crippen LogP contribution in [-0.4, -0.2) is 147 Å². The van der Waals surface area contributed by atoms with Gasteiger partial charge in [-0.05, 0) is 101 Å². The summed E-state index contributed by atoms with van der Waals surface area (Å²) in [6, 6.07) is 21.1. The van der Waals surface area contributed by atoms with Gasteiger partial charge in [-0.3, -0.25) is 58.4 Å². The number of alkyl carbamates (subject to hydrolysis) is 1. The average molecular weight is 1140 g/mol. The van der Waals surface area contributed by atoms with E-state index in [-0.39, 0.29) is 109 Å². The van der Waals surface area contributed by atoms with E-state index in [1.54, 1.807) is 81.4 Å². The normalized spacial score (nSPS) is 15.4. The van der Waals surface area contributed by atoms with Crippen molar-refractivity contribution < 1.29 is 68.0 Å². The van der Waals surface area contributed by atoms with Crippen LogP contribution in [0.1, 0.15) is 131 Å². The molecule has 0 aliphatic carbocycles. The Bertz CT molecular complexity index is 2980. The molecule has 0 radical (unpaired) electrons. The molecule has 2 aromatic carbocycles. The minimum atomic E-state index is -1.01. The fourth-order valence-corrected chi connectivity index (χ4v) is 8.26. The van der Waals surface area contributed by atoms with Crippen molar-refractivity contribution in [3.8, 4) is 0 Å². The van der Waals surface area contributed by atoms with E-state index in [0.717, 1.165) is 12.1 Å². The van der Waals surface area contributed by atoms with Crippen molar-refractivity contribution in [2.45, 2.75) is 103 Å². The standard InChI is InChI=1S/C55H71N11O16/c1-55(2,3)82-54(77)58-25-11-10-20-39-34-59-50(73)42-23-21-40(52(75)65(42)80-35-37-16-6-4-7-17-37)48(71)56-26-14-30-63(46(69)32-44(67)61-78)28-12-13-29-64(47(70)33-45(68)62-79)31-15-27-57-49(72)41-22-24-43(51(74)60-39)66(53(41)76)81-36-38-18-8-5-9-19-38/h4-9,16-19,21-24,39,78-79H,10-15,20,25-36H2,1-3H3,(H,56,71)(H,57,72)(H,58,77)(H,59,73)(H,60,74)(H,61,67)(H,62,68)/t39-/m0/s1. The second kappa shape index (κ2) is 32.2. The third-order valence-corrected chi connectivity index (χ3v) is 12.4. The van der Waals surface area contributed by atoms with E-state index in [0.29, 0.717) is 33.4 Å². The quantitative estimate of drug-likeness (QED) is 0.0347. The lowest BCUT2D eigenvalue weighted by atomic mass is 10.1. The number of amides is 9. The van der Waals surface area contributed by atoms with E-state index in [2.05, 4.69) is 26.6 Å². The number of fused-ring (bicyclic) bond motifs is 2. The van der Waals surface area contributed by atoms with Gasteiger partial charge in [-0.2, -0.15) is 0 Å². The lowest BCUT2D eigenvalue weighted by molar-refractivity contribution is -0.141. The summed E-state index contributed by atoms with van der Waals surface area (Å²) in [5.74, 6) is -6.73. The second-order valence-corrected chi connectivity index (χ2v) is 19.9. The van der Waals surface area contributed by atoms with Gasteiger partial charge < -0.3 is 50.8 Å². The Morgan fingerprint density at radius 2 is 1.02 bits per heavy atom. The van der Waals surface area contributed by atoms with Crippen molar-refractivity contribution >= 4 is 53.4 Å². The Labute approximate surface area is 471 Å². The van der Waals surface area contributed by atoms with Crippen LogP contribution in [0.3, 0.4) is 0 Å². The van der Waals surface area contributed by atoms with E-state index < -0.39 is 100 Å². The van der Waals surface area contributed by atoms with Gasteiger partial charge in [-0.25, -0.2) is 15.8 Å². The first-order valence-corrected chi connectivity index (χ1v) is 26.7. The number of rotatable bonds is 15. The molecule has 0 saturated carbocycles. The van der Waals surface area contributed by atoms with E-state index in [9.17, 15) is 52.7 Å². The van der Waals surface area contributed by atoms with Gasteiger partial charge in [0, 0.05) is 58.4 Å². The molecule has 442 valence electrons. The zero-order valence-electron chi connectivity index (χ0n) is 46.0. The molecule has 7 rings (SSSR count). The van der Waals surface area contributed by atoms with Gasteiger partial charge in [0.2, 0.25) is 11.8 Å². The Kier molecular flexibility index (Phi) is 25.0. The highest BCUT2D eigenvalue weighted by Gasteiger charge is 2.26. The number of hydroxylamine groups is 2. The molecule has 3 aliphatic heterocycles. The van der Waals surface area contributed by atoms with Crippen molar-refractivity contribution in [1.29, 1.82) is 0 Å². The number of pyridine rings is 2. The van der Waals surface area contributed by atoms with Crippen molar-refractivity contribution in [3.05, 3.63) is 139 Å². The molecule has 4 aromatic rings. The van der Waals surface area contributed by atoms with Crippen molar-refractivity contribution in [3.63, 3.8) is 0 Å². The highest BCUT2D eigenvalue weighted by atomic mass is 16.7. The average Bonchev–Trinajstić information content (AvgIpc) is 3.56. The first kappa shape index (κ1) is 63.7. The molecule has 9 amide bonds. The number of benzene rings is 2. The summed E-state index contributed by atoms with van der Waals surface area (Å²) in [6.07, 6.45) is -0.442. The molecule has 0 unspecified atom stereocenters. The summed E-state index contributed by atoms with van der Waals surface area (Å²) < 4.78 is 6.68. The van der Waals surface area contributed by atoms with Crippen LogP contribution in [0.15, 0.2) is 94.5 Å². The molecule has 1 atom stereocenters. The lowest BCUT2D eigenvalue weighted by Crippen LogP contribution is -2.47. The predicted octanol–water partition coefficient (Wildman–Crippen LogP) is 0.973. The summed E-state index contributed by atoms with van der Waals surface area (Å²) >= 11 is 0. The molecule has 9 N–H and O–H groups in total. The highest BCUT2D eigenvalue weighted by molar-refractivity contribution is 5.98. The zero-order valence-corrected chi connectivity index (χ0v) is 46.0. The highest BCUT2D eigenvalue weighted by Crippen LogP contribution is 2.11. The van der Waals surface area contributed by atoms with E-state index in [4.69, 9.17) is 24.8 Å². The Morgan fingerprint density at radius 3 is 1.48 bits per heavy atom. The fourth-order valence-electron chi connectivity index (χ4n) is 8.26. The third kappa shape index (κ3) is 20.5. The van der Waals surface area contributed by atoms with Gasteiger partial charge in [0.25, 0.3) is 46.6 Å². The van der Waals surface area contributed by atoms with Gasteiger partial charge in [0.1, 0.15) is 54.2 Å². The molecule has 2 aromatic heterocycles. The number of hydrogen-bond donors (Lipinski definition) is 9. The number of carbonyl (C=O) groups is 9. The molecule has 0 spiro atoms. The number of aromatic nitrogens is 2. The van der Waals surface area contributed by atoms with Crippen LogP contribution in [0, 0.1) is 0 Å².